The van der Waals surface area contributed by atoms with E-state index in [1.54, 1.807) is 48.5 Å². The highest BCUT2D eigenvalue weighted by Crippen LogP contribution is 2.29. The number of para-hydroxylation sites is 1. The quantitative estimate of drug-likeness (QED) is 0.268. The van der Waals surface area contributed by atoms with Crippen molar-refractivity contribution < 1.29 is 17.9 Å². The average Bonchev–Trinajstić information content (AvgIpc) is 3.41. The van der Waals surface area contributed by atoms with E-state index in [4.69, 9.17) is 4.74 Å². The van der Waals surface area contributed by atoms with Crippen LogP contribution in [-0.4, -0.2) is 20.9 Å². The zero-order valence-corrected chi connectivity index (χ0v) is 22.9. The Hall–Kier alpha value is -4.10. The van der Waals surface area contributed by atoms with Crippen LogP contribution >= 0.6 is 0 Å². The van der Waals surface area contributed by atoms with Crippen molar-refractivity contribution in [2.24, 2.45) is 0 Å². The molecule has 6 nitrogen and oxygen atoms in total. The zero-order chi connectivity index (χ0) is 27.4. The molecular formula is C32H32N2O4S. The zero-order valence-electron chi connectivity index (χ0n) is 22.1. The van der Waals surface area contributed by atoms with E-state index in [0.29, 0.717) is 17.2 Å². The van der Waals surface area contributed by atoms with E-state index in [1.807, 2.05) is 50.2 Å². The van der Waals surface area contributed by atoms with E-state index in [1.165, 1.54) is 11.1 Å². The van der Waals surface area contributed by atoms with Crippen molar-refractivity contribution in [3.05, 3.63) is 119 Å². The second-order valence-corrected chi connectivity index (χ2v) is 11.8. The smallest absolute Gasteiger partial charge is 0.264 e. The Morgan fingerprint density at radius 2 is 1.54 bits per heavy atom. The summed E-state index contributed by atoms with van der Waals surface area (Å²) in [5.74, 6) is 0.852. The third-order valence-electron chi connectivity index (χ3n) is 7.00. The molecule has 4 aromatic carbocycles. The largest absolute Gasteiger partial charge is 0.457 e. The minimum Gasteiger partial charge on any atom is -0.457 e. The summed E-state index contributed by atoms with van der Waals surface area (Å²) in [6.07, 6.45) is 3.30. The van der Waals surface area contributed by atoms with E-state index < -0.39 is 10.0 Å². The maximum absolute atomic E-state index is 13.8. The van der Waals surface area contributed by atoms with Gasteiger partial charge in [0.15, 0.2) is 0 Å². The van der Waals surface area contributed by atoms with E-state index in [2.05, 4.69) is 17.4 Å². The van der Waals surface area contributed by atoms with Gasteiger partial charge in [0.05, 0.1) is 16.6 Å². The van der Waals surface area contributed by atoms with Gasteiger partial charge in [0, 0.05) is 0 Å². The van der Waals surface area contributed by atoms with E-state index in [-0.39, 0.29) is 23.4 Å². The second kappa shape index (κ2) is 11.3. The molecular weight excluding hydrogens is 508 g/mol. The van der Waals surface area contributed by atoms with Crippen LogP contribution in [0.15, 0.2) is 102 Å². The lowest BCUT2D eigenvalue weighted by Gasteiger charge is -2.25. The van der Waals surface area contributed by atoms with Gasteiger partial charge in [0.25, 0.3) is 10.0 Å². The van der Waals surface area contributed by atoms with Crippen molar-refractivity contribution in [3.63, 3.8) is 0 Å². The summed E-state index contributed by atoms with van der Waals surface area (Å²) < 4.78 is 34.5. The van der Waals surface area contributed by atoms with Crippen LogP contribution < -0.4 is 14.4 Å². The molecule has 39 heavy (non-hydrogen) atoms. The molecule has 0 heterocycles. The van der Waals surface area contributed by atoms with Gasteiger partial charge in [-0.1, -0.05) is 54.1 Å². The fourth-order valence-corrected chi connectivity index (χ4v) is 6.24. The predicted octanol–water partition coefficient (Wildman–Crippen LogP) is 6.35. The van der Waals surface area contributed by atoms with Crippen LogP contribution in [0.2, 0.25) is 0 Å². The SMILES string of the molecule is Cc1ccc(S(=O)(=O)N(CC(=O)NC(C)c2ccc3c(c2)CCC3)c2ccc(Oc3ccccc3)cc2)cc1. The Bertz CT molecular complexity index is 1550. The molecule has 0 saturated carbocycles. The van der Waals surface area contributed by atoms with Crippen molar-refractivity contribution in [1.82, 2.24) is 5.32 Å². The molecule has 0 fully saturated rings. The number of nitrogens with zero attached hydrogens (tertiary/aromatic N) is 1. The first-order valence-corrected chi connectivity index (χ1v) is 14.6. The molecule has 5 rings (SSSR count). The Labute approximate surface area is 230 Å². The molecule has 0 bridgehead atoms. The molecule has 4 aromatic rings. The molecule has 7 heteroatoms. The Morgan fingerprint density at radius 3 is 2.26 bits per heavy atom. The number of anilines is 1. The first-order valence-electron chi connectivity index (χ1n) is 13.1. The van der Waals surface area contributed by atoms with E-state index in [0.717, 1.165) is 34.7 Å². The number of hydrogen-bond acceptors (Lipinski definition) is 4. The summed E-state index contributed by atoms with van der Waals surface area (Å²) in [4.78, 5) is 13.4. The number of carbonyl (C=O) groups excluding carboxylic acids is 1. The van der Waals surface area contributed by atoms with Gasteiger partial charge in [-0.15, -0.1) is 0 Å². The third kappa shape index (κ3) is 6.15. The monoisotopic (exact) mass is 540 g/mol. The fourth-order valence-electron chi connectivity index (χ4n) is 4.82. The second-order valence-electron chi connectivity index (χ2n) is 9.90. The lowest BCUT2D eigenvalue weighted by atomic mass is 10.0. The van der Waals surface area contributed by atoms with Gasteiger partial charge >= 0.3 is 0 Å². The molecule has 0 aliphatic heterocycles. The van der Waals surface area contributed by atoms with Crippen LogP contribution in [0.3, 0.4) is 0 Å². The van der Waals surface area contributed by atoms with Gasteiger partial charge in [0.2, 0.25) is 5.91 Å². The third-order valence-corrected chi connectivity index (χ3v) is 8.79. The van der Waals surface area contributed by atoms with Crippen molar-refractivity contribution in [1.29, 1.82) is 0 Å². The van der Waals surface area contributed by atoms with Crippen LogP contribution in [0.1, 0.15) is 41.6 Å². The molecule has 0 saturated heterocycles. The summed E-state index contributed by atoms with van der Waals surface area (Å²) >= 11 is 0. The lowest BCUT2D eigenvalue weighted by molar-refractivity contribution is -0.120. The summed E-state index contributed by atoms with van der Waals surface area (Å²) in [5, 5.41) is 2.99. The molecule has 0 aromatic heterocycles. The molecule has 1 unspecified atom stereocenters. The summed E-state index contributed by atoms with van der Waals surface area (Å²) in [6, 6.07) is 28.7. The van der Waals surface area contributed by atoms with Crippen molar-refractivity contribution in [3.8, 4) is 11.5 Å². The number of sulfonamides is 1. The van der Waals surface area contributed by atoms with Crippen LogP contribution in [0, 0.1) is 6.92 Å². The fraction of sp³-hybridized carbons (Fsp3) is 0.219. The molecule has 1 N–H and O–H groups in total. The number of hydrogen-bond donors (Lipinski definition) is 1. The van der Waals surface area contributed by atoms with Gasteiger partial charge in [-0.2, -0.15) is 0 Å². The number of carbonyl (C=O) groups is 1. The van der Waals surface area contributed by atoms with Crippen molar-refractivity contribution >= 4 is 21.6 Å². The van der Waals surface area contributed by atoms with E-state index in [9.17, 15) is 13.2 Å². The molecule has 0 radical (unpaired) electrons. The van der Waals surface area contributed by atoms with Crippen LogP contribution in [0.4, 0.5) is 5.69 Å². The van der Waals surface area contributed by atoms with Gasteiger partial charge < -0.3 is 10.1 Å². The van der Waals surface area contributed by atoms with Crippen LogP contribution in [0.5, 0.6) is 11.5 Å². The minimum atomic E-state index is -4.01. The Morgan fingerprint density at radius 1 is 0.872 bits per heavy atom. The van der Waals surface area contributed by atoms with Gasteiger partial charge in [-0.25, -0.2) is 8.42 Å². The Balaban J connectivity index is 1.38. The molecule has 0 spiro atoms. The maximum Gasteiger partial charge on any atom is 0.264 e. The van der Waals surface area contributed by atoms with Crippen molar-refractivity contribution in [2.75, 3.05) is 10.8 Å². The maximum atomic E-state index is 13.8. The topological polar surface area (TPSA) is 75.7 Å². The number of aryl methyl sites for hydroxylation is 3. The standard InChI is InChI=1S/C32H32N2O4S/c1-23-11-19-31(20-12-23)39(36,37)34(28-15-17-30(18-16-28)38-29-9-4-3-5-10-29)22-32(35)33-24(2)26-14-13-25-7-6-8-27(25)21-26/h3-5,9-21,24H,6-8,22H2,1-2H3,(H,33,35). The molecule has 1 aliphatic carbocycles. The number of benzene rings is 4. The summed E-state index contributed by atoms with van der Waals surface area (Å²) in [5.41, 5.74) is 5.03. The number of nitrogens with one attached hydrogen (secondary N) is 1. The molecule has 200 valence electrons. The minimum absolute atomic E-state index is 0.122. The highest BCUT2D eigenvalue weighted by atomic mass is 32.2. The van der Waals surface area contributed by atoms with Gasteiger partial charge in [-0.05, 0) is 98.3 Å². The highest BCUT2D eigenvalue weighted by molar-refractivity contribution is 7.92. The number of fused-ring (bicyclic) bond motifs is 1. The number of rotatable bonds is 9. The first-order chi connectivity index (χ1) is 18.8. The van der Waals surface area contributed by atoms with Crippen molar-refractivity contribution in [2.45, 2.75) is 44.0 Å². The first kappa shape index (κ1) is 26.5. The lowest BCUT2D eigenvalue weighted by Crippen LogP contribution is -2.41. The van der Waals surface area contributed by atoms with Crippen LogP contribution in [-0.2, 0) is 27.7 Å². The predicted molar refractivity (Wildman–Crippen MR) is 154 cm³/mol. The summed E-state index contributed by atoms with van der Waals surface area (Å²) in [7, 11) is -4.01. The molecule has 1 atom stereocenters. The van der Waals surface area contributed by atoms with Crippen LogP contribution in [0.25, 0.3) is 0 Å². The average molecular weight is 541 g/mol. The number of ether oxygens (including phenoxy) is 1. The molecule has 1 amide bonds. The van der Waals surface area contributed by atoms with Gasteiger partial charge in [0.1, 0.15) is 18.0 Å². The Kier molecular flexibility index (Phi) is 7.70. The summed E-state index contributed by atoms with van der Waals surface area (Å²) in [6.45, 7) is 3.46. The highest BCUT2D eigenvalue weighted by Gasteiger charge is 2.28. The van der Waals surface area contributed by atoms with Gasteiger partial charge in [-0.3, -0.25) is 9.10 Å². The molecule has 1 aliphatic rings. The van der Waals surface area contributed by atoms with E-state index >= 15 is 0 Å². The number of amides is 1. The normalized spacial score (nSPS) is 13.4.